The molecule has 0 spiro atoms. The van der Waals surface area contributed by atoms with Crippen LogP contribution in [0, 0.1) is 0 Å². The summed E-state index contributed by atoms with van der Waals surface area (Å²) in [6.07, 6.45) is 4.19. The van der Waals surface area contributed by atoms with Gasteiger partial charge in [-0.2, -0.15) is 0 Å². The van der Waals surface area contributed by atoms with Crippen LogP contribution in [0.5, 0.6) is 0 Å². The van der Waals surface area contributed by atoms with Gasteiger partial charge in [-0.3, -0.25) is 0 Å². The predicted octanol–water partition coefficient (Wildman–Crippen LogP) is 1.03. The third-order valence-corrected chi connectivity index (χ3v) is 2.50. The molecule has 1 aliphatic heterocycles. The molecule has 0 radical (unpaired) electrons. The minimum atomic E-state index is 0.804. The number of rotatable bonds is 2. The van der Waals surface area contributed by atoms with Crippen LogP contribution in [0.1, 0.15) is 19.3 Å². The molecule has 0 bridgehead atoms. The molecule has 1 aliphatic rings. The van der Waals surface area contributed by atoms with Crippen molar-refractivity contribution in [3.8, 4) is 0 Å². The summed E-state index contributed by atoms with van der Waals surface area (Å²) in [5, 5.41) is 0. The highest BCUT2D eigenvalue weighted by atomic mass is 15.2. The van der Waals surface area contributed by atoms with E-state index in [2.05, 4.69) is 30.9 Å². The first-order valence-electron chi connectivity index (χ1n) is 4.55. The SMILES string of the molecule is CN(C)CC1CCCCN1C. The smallest absolute Gasteiger partial charge is 0.0219 e. The van der Waals surface area contributed by atoms with E-state index in [1.807, 2.05) is 0 Å². The van der Waals surface area contributed by atoms with E-state index in [-0.39, 0.29) is 0 Å². The summed E-state index contributed by atoms with van der Waals surface area (Å²) in [4.78, 5) is 4.77. The van der Waals surface area contributed by atoms with Crippen LogP contribution in [-0.2, 0) is 0 Å². The van der Waals surface area contributed by atoms with Crippen molar-refractivity contribution >= 4 is 0 Å². The molecule has 1 atom stereocenters. The zero-order valence-electron chi connectivity index (χ0n) is 8.01. The molecular weight excluding hydrogens is 136 g/mol. The minimum absolute atomic E-state index is 0.804. The van der Waals surface area contributed by atoms with Gasteiger partial charge in [0.05, 0.1) is 0 Å². The Bertz CT molecular complexity index is 112. The van der Waals surface area contributed by atoms with Gasteiger partial charge in [0.2, 0.25) is 0 Å². The number of piperidine rings is 1. The van der Waals surface area contributed by atoms with Crippen LogP contribution in [0.3, 0.4) is 0 Å². The van der Waals surface area contributed by atoms with Crippen molar-refractivity contribution in [1.29, 1.82) is 0 Å². The largest absolute Gasteiger partial charge is 0.308 e. The summed E-state index contributed by atoms with van der Waals surface area (Å²) in [6, 6.07) is 0.804. The van der Waals surface area contributed by atoms with Crippen LogP contribution in [0.4, 0.5) is 0 Å². The fourth-order valence-electron chi connectivity index (χ4n) is 1.80. The summed E-state index contributed by atoms with van der Waals surface area (Å²) in [5.74, 6) is 0. The molecule has 0 N–H and O–H groups in total. The van der Waals surface area contributed by atoms with Gasteiger partial charge >= 0.3 is 0 Å². The lowest BCUT2D eigenvalue weighted by Gasteiger charge is -2.34. The number of likely N-dealkylation sites (tertiary alicyclic amines) is 1. The molecule has 1 unspecified atom stereocenters. The average Bonchev–Trinajstić information content (AvgIpc) is 1.93. The Kier molecular flexibility index (Phi) is 3.34. The van der Waals surface area contributed by atoms with Crippen LogP contribution in [0.2, 0.25) is 0 Å². The lowest BCUT2D eigenvalue weighted by atomic mass is 10.0. The third-order valence-electron chi connectivity index (χ3n) is 2.50. The first-order valence-corrected chi connectivity index (χ1v) is 4.55. The van der Waals surface area contributed by atoms with E-state index in [1.54, 1.807) is 0 Å². The zero-order chi connectivity index (χ0) is 8.27. The van der Waals surface area contributed by atoms with Crippen LogP contribution >= 0.6 is 0 Å². The number of nitrogens with zero attached hydrogens (tertiary/aromatic N) is 2. The number of likely N-dealkylation sites (N-methyl/N-ethyl adjacent to an activating group) is 2. The summed E-state index contributed by atoms with van der Waals surface area (Å²) in [6.45, 7) is 2.51. The van der Waals surface area contributed by atoms with Gasteiger partial charge in [-0.15, -0.1) is 0 Å². The predicted molar refractivity (Wildman–Crippen MR) is 48.8 cm³/mol. The Morgan fingerprint density at radius 1 is 1.36 bits per heavy atom. The lowest BCUT2D eigenvalue weighted by molar-refractivity contribution is 0.151. The van der Waals surface area contributed by atoms with E-state index in [9.17, 15) is 0 Å². The quantitative estimate of drug-likeness (QED) is 0.589. The van der Waals surface area contributed by atoms with E-state index in [1.165, 1.54) is 32.4 Å². The van der Waals surface area contributed by atoms with Gasteiger partial charge in [0.25, 0.3) is 0 Å². The van der Waals surface area contributed by atoms with Crippen molar-refractivity contribution in [2.75, 3.05) is 34.2 Å². The normalized spacial score (nSPS) is 27.8. The average molecular weight is 156 g/mol. The fourth-order valence-corrected chi connectivity index (χ4v) is 1.80. The Labute approximate surface area is 70.2 Å². The molecule has 0 aromatic carbocycles. The molecule has 0 amide bonds. The zero-order valence-corrected chi connectivity index (χ0v) is 8.01. The van der Waals surface area contributed by atoms with E-state index in [0.717, 1.165) is 6.04 Å². The molecule has 1 heterocycles. The molecule has 66 valence electrons. The number of hydrogen-bond acceptors (Lipinski definition) is 2. The Hall–Kier alpha value is -0.0800. The van der Waals surface area contributed by atoms with Gasteiger partial charge in [0, 0.05) is 12.6 Å². The van der Waals surface area contributed by atoms with Crippen molar-refractivity contribution < 1.29 is 0 Å². The molecule has 2 heteroatoms. The first-order chi connectivity index (χ1) is 5.20. The summed E-state index contributed by atoms with van der Waals surface area (Å²) in [7, 11) is 6.55. The second-order valence-electron chi connectivity index (χ2n) is 3.89. The maximum Gasteiger partial charge on any atom is 0.0219 e. The monoisotopic (exact) mass is 156 g/mol. The summed E-state index contributed by atoms with van der Waals surface area (Å²) >= 11 is 0. The Morgan fingerprint density at radius 2 is 2.09 bits per heavy atom. The molecule has 11 heavy (non-hydrogen) atoms. The van der Waals surface area contributed by atoms with Crippen molar-refractivity contribution in [2.24, 2.45) is 0 Å². The summed E-state index contributed by atoms with van der Waals surface area (Å²) in [5.41, 5.74) is 0. The van der Waals surface area contributed by atoms with Gasteiger partial charge in [0.1, 0.15) is 0 Å². The molecule has 1 rings (SSSR count). The molecular formula is C9H20N2. The standard InChI is InChI=1S/C9H20N2/c1-10(2)8-9-6-4-5-7-11(9)3/h9H,4-8H2,1-3H3. The van der Waals surface area contributed by atoms with Gasteiger partial charge in [-0.25, -0.2) is 0 Å². The van der Waals surface area contributed by atoms with E-state index in [0.29, 0.717) is 0 Å². The molecule has 2 nitrogen and oxygen atoms in total. The van der Waals surface area contributed by atoms with E-state index in [4.69, 9.17) is 0 Å². The maximum atomic E-state index is 2.49. The lowest BCUT2D eigenvalue weighted by Crippen LogP contribution is -2.42. The molecule has 0 saturated carbocycles. The first kappa shape index (κ1) is 9.01. The van der Waals surface area contributed by atoms with Gasteiger partial charge < -0.3 is 9.80 Å². The fraction of sp³-hybridized carbons (Fsp3) is 1.00. The Morgan fingerprint density at radius 3 is 2.64 bits per heavy atom. The van der Waals surface area contributed by atoms with E-state index >= 15 is 0 Å². The Balaban J connectivity index is 2.29. The summed E-state index contributed by atoms with van der Waals surface area (Å²) < 4.78 is 0. The molecule has 1 fully saturated rings. The highest BCUT2D eigenvalue weighted by Crippen LogP contribution is 2.14. The van der Waals surface area contributed by atoms with Gasteiger partial charge in [-0.1, -0.05) is 6.42 Å². The number of hydrogen-bond donors (Lipinski definition) is 0. The highest BCUT2D eigenvalue weighted by molar-refractivity contribution is 4.75. The third kappa shape index (κ3) is 2.80. The van der Waals surface area contributed by atoms with Crippen molar-refractivity contribution in [3.05, 3.63) is 0 Å². The molecule has 0 aromatic rings. The van der Waals surface area contributed by atoms with Crippen LogP contribution in [-0.4, -0.2) is 50.1 Å². The second kappa shape index (κ2) is 4.07. The molecule has 0 aromatic heterocycles. The van der Waals surface area contributed by atoms with Crippen molar-refractivity contribution in [1.82, 2.24) is 9.80 Å². The molecule has 1 saturated heterocycles. The highest BCUT2D eigenvalue weighted by Gasteiger charge is 2.18. The molecule has 0 aliphatic carbocycles. The topological polar surface area (TPSA) is 6.48 Å². The van der Waals surface area contributed by atoms with E-state index < -0.39 is 0 Å². The van der Waals surface area contributed by atoms with Crippen molar-refractivity contribution in [3.63, 3.8) is 0 Å². The van der Waals surface area contributed by atoms with Gasteiger partial charge in [0.15, 0.2) is 0 Å². The van der Waals surface area contributed by atoms with Crippen molar-refractivity contribution in [2.45, 2.75) is 25.3 Å². The van der Waals surface area contributed by atoms with Crippen LogP contribution < -0.4 is 0 Å². The van der Waals surface area contributed by atoms with Crippen LogP contribution in [0.25, 0.3) is 0 Å². The maximum absolute atomic E-state index is 2.49. The second-order valence-corrected chi connectivity index (χ2v) is 3.89. The minimum Gasteiger partial charge on any atom is -0.308 e. The van der Waals surface area contributed by atoms with Crippen LogP contribution in [0.15, 0.2) is 0 Å². The van der Waals surface area contributed by atoms with Gasteiger partial charge in [-0.05, 0) is 40.5 Å².